The highest BCUT2D eigenvalue weighted by molar-refractivity contribution is 5.97. The number of rotatable bonds is 7. The van der Waals surface area contributed by atoms with Crippen LogP contribution in [0.2, 0.25) is 0 Å². The molecule has 1 amide bonds. The first-order valence-electron chi connectivity index (χ1n) is 9.99. The molecule has 0 unspecified atom stereocenters. The molecule has 10 heteroatoms. The van der Waals surface area contributed by atoms with Crippen LogP contribution in [0, 0.1) is 16.7 Å². The second kappa shape index (κ2) is 8.86. The fraction of sp³-hybridized carbons (Fsp3) is 0.391. The molecule has 1 aromatic carbocycles. The van der Waals surface area contributed by atoms with Crippen molar-refractivity contribution in [2.75, 3.05) is 28.4 Å². The van der Waals surface area contributed by atoms with Crippen molar-refractivity contribution in [2.45, 2.75) is 24.9 Å². The lowest BCUT2D eigenvalue weighted by atomic mass is 9.68. The average Bonchev–Trinajstić information content (AvgIpc) is 3.13. The molecule has 2 aliphatic rings. The van der Waals surface area contributed by atoms with Gasteiger partial charge in [-0.05, 0) is 24.6 Å². The van der Waals surface area contributed by atoms with Gasteiger partial charge in [-0.2, -0.15) is 5.26 Å². The third kappa shape index (κ3) is 3.46. The van der Waals surface area contributed by atoms with Gasteiger partial charge in [-0.25, -0.2) is 0 Å². The molecule has 10 nitrogen and oxygen atoms in total. The second-order valence-corrected chi connectivity index (χ2v) is 7.65. The molecular formula is C23H25N3O7. The monoisotopic (exact) mass is 455 g/mol. The molecule has 0 radical (unpaired) electrons. The number of carbonyl (C=O) groups is 3. The van der Waals surface area contributed by atoms with E-state index in [1.165, 1.54) is 52.5 Å². The van der Waals surface area contributed by atoms with Crippen LogP contribution in [0.4, 0.5) is 0 Å². The van der Waals surface area contributed by atoms with E-state index < -0.39 is 35.3 Å². The predicted octanol–water partition coefficient (Wildman–Crippen LogP) is 1.06. The van der Waals surface area contributed by atoms with Crippen molar-refractivity contribution in [2.24, 2.45) is 11.1 Å². The number of fused-ring (bicyclic) bond motifs is 1. The number of ketones is 1. The summed E-state index contributed by atoms with van der Waals surface area (Å²) < 4.78 is 21.3. The number of methoxy groups -OCH3 is 4. The lowest BCUT2D eigenvalue weighted by Crippen LogP contribution is -2.45. The van der Waals surface area contributed by atoms with Crippen LogP contribution in [0.15, 0.2) is 36.1 Å². The molecule has 3 rings (SSSR count). The summed E-state index contributed by atoms with van der Waals surface area (Å²) in [6.07, 6.45) is 4.52. The standard InChI is InChI=1S/C23H25N3O7/c1-12(27)13-6-7-17-23(11-24,22(29)33-5)18(19(21(25)28)26(17)10-13)14-8-15(30-2)20(32-4)16(9-14)31-3/h6-10,17-19H,1-5H3,(H2,25,28)/t17-,18-,19-,23-/m1/s1. The van der Waals surface area contributed by atoms with Gasteiger partial charge in [0.25, 0.3) is 0 Å². The fourth-order valence-corrected chi connectivity index (χ4v) is 4.67. The zero-order valence-corrected chi connectivity index (χ0v) is 18.9. The topological polar surface area (TPSA) is 141 Å². The van der Waals surface area contributed by atoms with E-state index in [0.29, 0.717) is 16.9 Å². The Kier molecular flexibility index (Phi) is 6.35. The molecule has 2 aliphatic heterocycles. The molecule has 1 saturated heterocycles. The highest BCUT2D eigenvalue weighted by Crippen LogP contribution is 2.55. The number of esters is 1. The third-order valence-electron chi connectivity index (χ3n) is 6.11. The van der Waals surface area contributed by atoms with E-state index in [1.807, 2.05) is 0 Å². The summed E-state index contributed by atoms with van der Waals surface area (Å²) in [5.41, 5.74) is 4.62. The minimum Gasteiger partial charge on any atom is -0.493 e. The number of hydrogen-bond donors (Lipinski definition) is 1. The lowest BCUT2D eigenvalue weighted by Gasteiger charge is -2.32. The minimum atomic E-state index is -1.87. The first kappa shape index (κ1) is 23.7. The van der Waals surface area contributed by atoms with Crippen molar-refractivity contribution < 1.29 is 33.3 Å². The van der Waals surface area contributed by atoms with Crippen molar-refractivity contribution in [1.82, 2.24) is 4.90 Å². The minimum absolute atomic E-state index is 0.246. The van der Waals surface area contributed by atoms with Crippen molar-refractivity contribution >= 4 is 17.7 Å². The van der Waals surface area contributed by atoms with E-state index in [0.717, 1.165) is 0 Å². The molecule has 0 spiro atoms. The highest BCUT2D eigenvalue weighted by Gasteiger charge is 2.66. The van der Waals surface area contributed by atoms with E-state index in [4.69, 9.17) is 24.7 Å². The smallest absolute Gasteiger partial charge is 0.329 e. The van der Waals surface area contributed by atoms with Gasteiger partial charge in [-0.1, -0.05) is 12.2 Å². The third-order valence-corrected chi connectivity index (χ3v) is 6.11. The molecule has 2 heterocycles. The molecule has 0 aromatic heterocycles. The molecule has 1 fully saturated rings. The molecule has 0 aliphatic carbocycles. The first-order chi connectivity index (χ1) is 15.7. The molecule has 0 bridgehead atoms. The Morgan fingerprint density at radius 3 is 2.12 bits per heavy atom. The number of hydrogen-bond acceptors (Lipinski definition) is 9. The van der Waals surface area contributed by atoms with E-state index >= 15 is 0 Å². The Labute approximate surface area is 191 Å². The number of carbonyl (C=O) groups excluding carboxylic acids is 3. The van der Waals surface area contributed by atoms with Crippen LogP contribution >= 0.6 is 0 Å². The van der Waals surface area contributed by atoms with Gasteiger partial charge in [0.05, 0.1) is 40.6 Å². The molecule has 174 valence electrons. The largest absolute Gasteiger partial charge is 0.493 e. The summed E-state index contributed by atoms with van der Waals surface area (Å²) in [5, 5.41) is 10.4. The van der Waals surface area contributed by atoms with Crippen LogP contribution in [0.25, 0.3) is 0 Å². The van der Waals surface area contributed by atoms with E-state index in [-0.39, 0.29) is 17.3 Å². The maximum atomic E-state index is 13.2. The summed E-state index contributed by atoms with van der Waals surface area (Å²) in [7, 11) is 5.45. The summed E-state index contributed by atoms with van der Waals surface area (Å²) >= 11 is 0. The number of nitriles is 1. The van der Waals surface area contributed by atoms with Crippen molar-refractivity contribution in [3.8, 4) is 23.3 Å². The van der Waals surface area contributed by atoms with Crippen molar-refractivity contribution in [1.29, 1.82) is 5.26 Å². The lowest BCUT2D eigenvalue weighted by molar-refractivity contribution is -0.150. The van der Waals surface area contributed by atoms with E-state index in [1.54, 1.807) is 18.2 Å². The van der Waals surface area contributed by atoms with E-state index in [2.05, 4.69) is 6.07 Å². The Hall–Kier alpha value is -4.00. The Balaban J connectivity index is 2.37. The zero-order chi connectivity index (χ0) is 24.5. The number of Topliss-reactive ketones (excluding diaryl/α,β-unsaturated/α-hetero) is 1. The number of ether oxygens (including phenoxy) is 4. The maximum absolute atomic E-state index is 13.2. The highest BCUT2D eigenvalue weighted by atomic mass is 16.5. The van der Waals surface area contributed by atoms with Gasteiger partial charge in [0.15, 0.2) is 22.7 Å². The predicted molar refractivity (Wildman–Crippen MR) is 115 cm³/mol. The van der Waals surface area contributed by atoms with Crippen LogP contribution in [-0.4, -0.2) is 63.1 Å². The number of nitrogens with zero attached hydrogens (tertiary/aromatic N) is 2. The van der Waals surface area contributed by atoms with Crippen molar-refractivity contribution in [3.05, 3.63) is 41.6 Å². The summed E-state index contributed by atoms with van der Waals surface area (Å²) in [5.74, 6) is -2.11. The number of amides is 1. The number of allylic oxidation sites excluding steroid dienone is 2. The van der Waals surface area contributed by atoms with Crippen LogP contribution in [0.3, 0.4) is 0 Å². The molecule has 33 heavy (non-hydrogen) atoms. The SMILES string of the molecule is COC(=O)[C@@]1(C#N)[C@H](c2cc(OC)c(OC)c(OC)c2)[C@H](C(N)=O)N2C=C(C(C)=O)C=C[C@@H]21. The Bertz CT molecular complexity index is 1080. The normalized spacial score (nSPS) is 25.4. The molecule has 4 atom stereocenters. The average molecular weight is 455 g/mol. The van der Waals surface area contributed by atoms with Gasteiger partial charge in [-0.3, -0.25) is 14.4 Å². The summed E-state index contributed by atoms with van der Waals surface area (Å²) in [6, 6.07) is 3.16. The van der Waals surface area contributed by atoms with Gasteiger partial charge < -0.3 is 29.6 Å². The van der Waals surface area contributed by atoms with Crippen LogP contribution in [0.5, 0.6) is 17.2 Å². The summed E-state index contributed by atoms with van der Waals surface area (Å²) in [4.78, 5) is 39.4. The van der Waals surface area contributed by atoms with Crippen LogP contribution in [-0.2, 0) is 19.1 Å². The van der Waals surface area contributed by atoms with Gasteiger partial charge in [-0.15, -0.1) is 0 Å². The fourth-order valence-electron chi connectivity index (χ4n) is 4.67. The molecule has 1 aromatic rings. The first-order valence-corrected chi connectivity index (χ1v) is 9.99. The van der Waals surface area contributed by atoms with Gasteiger partial charge in [0.1, 0.15) is 6.04 Å². The van der Waals surface area contributed by atoms with Crippen molar-refractivity contribution in [3.63, 3.8) is 0 Å². The summed E-state index contributed by atoms with van der Waals surface area (Å²) in [6.45, 7) is 1.38. The number of benzene rings is 1. The number of primary amides is 1. The van der Waals surface area contributed by atoms with Gasteiger partial charge >= 0.3 is 5.97 Å². The van der Waals surface area contributed by atoms with Gasteiger partial charge in [0.2, 0.25) is 11.7 Å². The van der Waals surface area contributed by atoms with Crippen LogP contribution < -0.4 is 19.9 Å². The van der Waals surface area contributed by atoms with Crippen LogP contribution in [0.1, 0.15) is 18.4 Å². The molecular weight excluding hydrogens is 430 g/mol. The van der Waals surface area contributed by atoms with E-state index in [9.17, 15) is 19.6 Å². The molecule has 2 N–H and O–H groups in total. The maximum Gasteiger partial charge on any atom is 0.329 e. The zero-order valence-electron chi connectivity index (χ0n) is 18.9. The Morgan fingerprint density at radius 2 is 1.70 bits per heavy atom. The Morgan fingerprint density at radius 1 is 1.09 bits per heavy atom. The van der Waals surface area contributed by atoms with Gasteiger partial charge in [0, 0.05) is 17.7 Å². The second-order valence-electron chi connectivity index (χ2n) is 7.65. The quantitative estimate of drug-likeness (QED) is 0.597. The molecule has 0 saturated carbocycles. The number of nitrogens with two attached hydrogens (primary N) is 1.